The summed E-state index contributed by atoms with van der Waals surface area (Å²) in [5, 5.41) is 9.20. The van der Waals surface area contributed by atoms with Crippen LogP contribution in [-0.4, -0.2) is 298 Å². The van der Waals surface area contributed by atoms with Crippen molar-refractivity contribution in [3.05, 3.63) is 11.4 Å². The maximum atomic E-state index is 11.3. The molecule has 109 heavy (non-hydrogen) atoms. The zero-order valence-electron chi connectivity index (χ0n) is 81.5. The van der Waals surface area contributed by atoms with Gasteiger partial charge in [-0.3, -0.25) is 38.1 Å². The molecule has 5 rings (SSSR count). The highest BCUT2D eigenvalue weighted by molar-refractivity contribution is 7.92. The zero-order chi connectivity index (χ0) is 88.5. The largest absolute Gasteiger partial charge is 0.379 e. The predicted octanol–water partition coefficient (Wildman–Crippen LogP) is 15.8. The van der Waals surface area contributed by atoms with Crippen LogP contribution >= 0.6 is 0 Å². The van der Waals surface area contributed by atoms with Gasteiger partial charge in [0.05, 0.1) is 31.2 Å². The van der Waals surface area contributed by atoms with Crippen LogP contribution in [0.4, 0.5) is 0 Å². The van der Waals surface area contributed by atoms with E-state index in [-0.39, 0.29) is 50.6 Å². The molecule has 4 atom stereocenters. The van der Waals surface area contributed by atoms with Crippen LogP contribution in [0.5, 0.6) is 0 Å². The summed E-state index contributed by atoms with van der Waals surface area (Å²) in [6.45, 7) is 99.3. The second-order valence-corrected chi connectivity index (χ2v) is 47.6. The van der Waals surface area contributed by atoms with Gasteiger partial charge in [-0.05, 0) is 280 Å². The zero-order valence-corrected chi connectivity index (χ0v) is 83.1. The van der Waals surface area contributed by atoms with E-state index in [0.29, 0.717) is 44.9 Å². The minimum atomic E-state index is -2.84. The molecular formula is C87H190N12O8S2. The quantitative estimate of drug-likeness (QED) is 0.213. The molecule has 0 aromatic carbocycles. The summed E-state index contributed by atoms with van der Waals surface area (Å²) >= 11 is 0. The lowest BCUT2D eigenvalue weighted by molar-refractivity contribution is -0.136. The van der Waals surface area contributed by atoms with Crippen LogP contribution in [0.25, 0.3) is 4.85 Å². The van der Waals surface area contributed by atoms with Gasteiger partial charge in [0.25, 0.3) is 6.17 Å². The first-order valence-electron chi connectivity index (χ1n) is 40.6. The number of hydrogen-bond acceptors (Lipinski definition) is 17. The van der Waals surface area contributed by atoms with Crippen LogP contribution in [0.3, 0.4) is 0 Å². The third-order valence-electron chi connectivity index (χ3n) is 18.5. The predicted molar refractivity (Wildman–Crippen MR) is 479 cm³/mol. The summed E-state index contributed by atoms with van der Waals surface area (Å²) in [4.78, 5) is 54.8. The maximum absolute atomic E-state index is 11.3. The lowest BCUT2D eigenvalue weighted by Crippen LogP contribution is -2.49. The molecule has 22 heteroatoms. The number of rotatable bonds is 6. The molecule has 4 aliphatic heterocycles. The molecule has 1 saturated carbocycles. The number of morpholine rings is 2. The number of carbonyl (C=O) groups is 3. The second-order valence-electron chi connectivity index (χ2n) is 42.7. The van der Waals surface area contributed by atoms with Crippen LogP contribution in [-0.2, 0) is 44.5 Å². The van der Waals surface area contributed by atoms with Crippen LogP contribution < -0.4 is 16.0 Å². The monoisotopic (exact) mass is 1600 g/mol. The number of ether oxygens (including phenoxy) is 2. The van der Waals surface area contributed by atoms with Crippen molar-refractivity contribution in [1.29, 1.82) is 0 Å². The minimum Gasteiger partial charge on any atom is -0.379 e. The summed E-state index contributed by atoms with van der Waals surface area (Å²) < 4.78 is 41.8. The Morgan fingerprint density at radius 2 is 0.908 bits per heavy atom. The number of sulfone groups is 1. The van der Waals surface area contributed by atoms with Gasteiger partial charge in [-0.15, -0.1) is 0 Å². The Kier molecular flexibility index (Phi) is 59.3. The molecule has 658 valence electrons. The fraction of sp³-hybridized carbons (Fsp3) is 0.954. The molecule has 0 aromatic heterocycles. The van der Waals surface area contributed by atoms with Crippen LogP contribution in [0.1, 0.15) is 295 Å². The number of hydrogen-bond donors (Lipinski definition) is 3. The number of amides is 2. The summed E-state index contributed by atoms with van der Waals surface area (Å²) in [6.07, 6.45) is 10.2. The van der Waals surface area contributed by atoms with E-state index >= 15 is 0 Å². The van der Waals surface area contributed by atoms with E-state index in [2.05, 4.69) is 257 Å². The Balaban J connectivity index is -0.000000210. The Morgan fingerprint density at radius 3 is 1.09 bits per heavy atom. The van der Waals surface area contributed by atoms with Gasteiger partial charge in [0, 0.05) is 170 Å². The topological polar surface area (TPSA) is 187 Å². The molecule has 3 N–H and O–H groups in total. The van der Waals surface area contributed by atoms with Crippen LogP contribution in [0.15, 0.2) is 0 Å². The van der Waals surface area contributed by atoms with Gasteiger partial charge in [0.2, 0.25) is 11.8 Å². The maximum Gasteiger partial charge on any atom is 0.280 e. The molecule has 2 unspecified atom stereocenters. The molecule has 1 aliphatic carbocycles. The molecular weight excluding hydrogens is 1410 g/mol. The lowest BCUT2D eigenvalue weighted by Gasteiger charge is -2.42. The second kappa shape index (κ2) is 53.9. The number of nitrogens with one attached hydrogen (secondary N) is 3. The number of likely N-dealkylation sites (N-methyl/N-ethyl adjacent to an activating group) is 2. The smallest absolute Gasteiger partial charge is 0.280 e. The van der Waals surface area contributed by atoms with Gasteiger partial charge in [-0.2, -0.15) is 0 Å². The number of likely N-dealkylation sites (tertiary alicyclic amines) is 2. The Hall–Kier alpha value is -2.24. The molecule has 4 heterocycles. The van der Waals surface area contributed by atoms with Crippen LogP contribution in [0.2, 0.25) is 0 Å². The molecule has 2 amide bonds. The standard InChI is InChI=1S/C11H21NO.C9H16N2.C9H22N2.C9H19NO.C8H17NO.C7H15NO.C7H15N.C6H13NO.C6H15N.C5H13N.C5H12O2S.C5H12OS/c1-8(13)9-6-5-7-10(9)12-11(2,3)4;1-9(2,3)11-7-5-6-8(11)10-4;1-9(2,3)11(6)8-7-10(4)5;1-9(2,3)8-10-4-6-11-7-5-10;1-8(2,3)9-4-6-10-7-5-9;1-7(2,3)6(9)8(4)5;1-7(2,3)8-5-4-6-8;1-6(2,3)5(8)7-4;1-6(2,3)7(4)5;1-5(2,3)6-4;1-5(2,3)8(4,6)7;1-5(2,3)7(4)6/h9-10,12H,5-7H2,1-4H3;8H,5-7H2,1-3H3;7-8H2,1-6H3;4-8H2,1-3H3;4-7H2,1-3H3;1-5H3;4-6H2,1-3H3;1-4H3,(H,7,8);1-5H3;6H,1-4H3;1-4H3;1-4H3/t9-,10?;8-;;;;;;;;;;/m00........../s1. The lowest BCUT2D eigenvalue weighted by atomic mass is 9.95. The minimum absolute atomic E-state index is 0.0278. The van der Waals surface area contributed by atoms with E-state index in [1.807, 2.05) is 69.4 Å². The van der Waals surface area contributed by atoms with Gasteiger partial charge < -0.3 is 45.0 Å². The van der Waals surface area contributed by atoms with E-state index in [1.54, 1.807) is 60.0 Å². The van der Waals surface area contributed by atoms with Crippen molar-refractivity contribution in [3.8, 4) is 0 Å². The number of Topliss-reactive ketones (excluding diaryl/α,β-unsaturated/α-hetero) is 1. The first-order chi connectivity index (χ1) is 48.1. The highest BCUT2D eigenvalue weighted by Gasteiger charge is 2.37. The molecule has 4 saturated heterocycles. The Morgan fingerprint density at radius 1 is 0.532 bits per heavy atom. The number of ketones is 1. The van der Waals surface area contributed by atoms with E-state index in [9.17, 15) is 27.0 Å². The summed E-state index contributed by atoms with van der Waals surface area (Å²) in [5.41, 5.74) is 1.93. The summed E-state index contributed by atoms with van der Waals surface area (Å²) in [6, 6.07) is 0.414. The van der Waals surface area contributed by atoms with Crippen molar-refractivity contribution in [2.45, 2.75) is 355 Å². The van der Waals surface area contributed by atoms with Crippen LogP contribution in [0, 0.1) is 28.7 Å². The normalized spacial score (nSPS) is 18.9. The average molecular weight is 1600 g/mol. The van der Waals surface area contributed by atoms with Crippen molar-refractivity contribution in [2.24, 2.45) is 22.2 Å². The van der Waals surface area contributed by atoms with Gasteiger partial charge in [-0.1, -0.05) is 68.7 Å². The molecule has 0 bridgehead atoms. The Labute approximate surface area is 682 Å². The molecule has 5 aliphatic rings. The molecule has 20 nitrogen and oxygen atoms in total. The average Bonchev–Trinajstić information content (AvgIpc) is 1.80. The van der Waals surface area contributed by atoms with Crippen molar-refractivity contribution in [1.82, 2.24) is 55.1 Å². The molecule has 0 spiro atoms. The van der Waals surface area contributed by atoms with E-state index in [0.717, 1.165) is 91.5 Å². The third-order valence-corrected chi connectivity index (χ3v) is 22.5. The van der Waals surface area contributed by atoms with Gasteiger partial charge >= 0.3 is 0 Å². The van der Waals surface area contributed by atoms with Gasteiger partial charge in [0.15, 0.2) is 9.84 Å². The first-order valence-corrected chi connectivity index (χ1v) is 44.1. The molecule has 0 aromatic rings. The SMILES string of the molecule is CC(=O)[C@@H]1CCCC1NC(C)(C)C.CC(C)(C)CN1CCOCC1.CC(C)(C)N1CCC1.CC(C)(C)N1CCOCC1.CC(C)(C)S(C)(=O)=O.CN(C)C(=O)C(C)(C)C.CN(C)C(C)(C)C.CN(C)CCN(C)C(C)(C)C.CNC(=O)C(C)(C)C.CNC(C)(C)C.CS(=O)C(C)(C)C.[C-]#[N+][C@@H]1CCCN1C(C)(C)C. The van der Waals surface area contributed by atoms with Crippen molar-refractivity contribution in [3.63, 3.8) is 0 Å². The number of carbonyl (C=O) groups excluding carboxylic acids is 3. The summed E-state index contributed by atoms with van der Waals surface area (Å²) in [5.74, 6) is 0.860. The molecule has 5 fully saturated rings. The molecule has 0 radical (unpaired) electrons. The Bertz CT molecular complexity index is 2530. The van der Waals surface area contributed by atoms with E-state index in [1.165, 1.54) is 45.2 Å². The summed E-state index contributed by atoms with van der Waals surface area (Å²) in [7, 11) is 14.2. The highest BCUT2D eigenvalue weighted by Crippen LogP contribution is 2.29. The van der Waals surface area contributed by atoms with Crippen molar-refractivity contribution < 1.29 is 36.5 Å². The van der Waals surface area contributed by atoms with Crippen molar-refractivity contribution >= 4 is 38.2 Å². The highest BCUT2D eigenvalue weighted by atomic mass is 32.2. The van der Waals surface area contributed by atoms with Crippen molar-refractivity contribution in [2.75, 3.05) is 168 Å². The third kappa shape index (κ3) is 70.9. The van der Waals surface area contributed by atoms with Gasteiger partial charge in [-0.25, -0.2) is 19.9 Å². The fourth-order valence-corrected chi connectivity index (χ4v) is 9.22. The number of nitrogens with zero attached hydrogens (tertiary/aromatic N) is 9. The van der Waals surface area contributed by atoms with E-state index in [4.69, 9.17) is 16.0 Å². The fourth-order valence-electron chi connectivity index (χ4n) is 9.22. The first kappa shape index (κ1) is 120. The van der Waals surface area contributed by atoms with E-state index < -0.39 is 25.4 Å². The van der Waals surface area contributed by atoms with Gasteiger partial charge in [0.1, 0.15) is 5.78 Å².